The fraction of sp³-hybridized carbons (Fsp3) is 0.333. The molecule has 0 aliphatic rings. The highest BCUT2D eigenvalue weighted by atomic mass is 32.1. The highest BCUT2D eigenvalue weighted by molar-refractivity contribution is 7.09. The summed E-state index contributed by atoms with van der Waals surface area (Å²) in [6.45, 7) is 3.50. The molecule has 2 aromatic rings. The van der Waals surface area contributed by atoms with E-state index in [2.05, 4.69) is 15.4 Å². The van der Waals surface area contributed by atoms with Crippen LogP contribution in [0.15, 0.2) is 23.8 Å². The Morgan fingerprint density at radius 2 is 2.20 bits per heavy atom. The Labute approximate surface area is 119 Å². The van der Waals surface area contributed by atoms with Gasteiger partial charge in [-0.3, -0.25) is 9.48 Å². The second kappa shape index (κ2) is 5.83. The first kappa shape index (κ1) is 14.2. The molecule has 0 saturated carbocycles. The van der Waals surface area contributed by atoms with Gasteiger partial charge in [0.1, 0.15) is 11.0 Å². The molecule has 2 heterocycles. The van der Waals surface area contributed by atoms with Gasteiger partial charge < -0.3 is 10.4 Å². The van der Waals surface area contributed by atoms with Crippen LogP contribution in [0.25, 0.3) is 0 Å². The van der Waals surface area contributed by atoms with E-state index >= 15 is 0 Å². The van der Waals surface area contributed by atoms with Crippen LogP contribution in [0, 0.1) is 0 Å². The molecule has 106 valence electrons. The number of carbonyl (C=O) groups excluding carboxylic acids is 1. The summed E-state index contributed by atoms with van der Waals surface area (Å²) in [5.41, 5.74) is -0.00813. The third-order valence-corrected chi connectivity index (χ3v) is 3.80. The van der Waals surface area contributed by atoms with Crippen molar-refractivity contribution in [2.24, 2.45) is 0 Å². The summed E-state index contributed by atoms with van der Waals surface area (Å²) in [7, 11) is 0. The fourth-order valence-electron chi connectivity index (χ4n) is 1.61. The van der Waals surface area contributed by atoms with Crippen molar-refractivity contribution in [3.8, 4) is 0 Å². The average Bonchev–Trinajstić information content (AvgIpc) is 3.08. The number of carboxylic acids is 1. The van der Waals surface area contributed by atoms with Crippen LogP contribution in [0.4, 0.5) is 0 Å². The Hall–Kier alpha value is -2.22. The van der Waals surface area contributed by atoms with E-state index in [1.54, 1.807) is 37.0 Å². The molecule has 0 fully saturated rings. The van der Waals surface area contributed by atoms with Crippen molar-refractivity contribution >= 4 is 23.2 Å². The zero-order valence-corrected chi connectivity index (χ0v) is 11.8. The second-order valence-electron chi connectivity index (χ2n) is 4.27. The highest BCUT2D eigenvalue weighted by Crippen LogP contribution is 2.18. The summed E-state index contributed by atoms with van der Waals surface area (Å²) in [6, 6.07) is 0.956. The molecule has 8 heteroatoms. The lowest BCUT2D eigenvalue weighted by molar-refractivity contribution is -0.124. The molecular weight excluding hydrogens is 280 g/mol. The summed E-state index contributed by atoms with van der Waals surface area (Å²) in [4.78, 5) is 26.8. The van der Waals surface area contributed by atoms with E-state index in [0.717, 1.165) is 0 Å². The number of hydrogen-bond donors (Lipinski definition) is 2. The van der Waals surface area contributed by atoms with Gasteiger partial charge in [0.2, 0.25) is 5.91 Å². The predicted molar refractivity (Wildman–Crippen MR) is 72.6 cm³/mol. The monoisotopic (exact) mass is 294 g/mol. The zero-order valence-electron chi connectivity index (χ0n) is 11.0. The Balaban J connectivity index is 2.01. The van der Waals surface area contributed by atoms with Crippen LogP contribution < -0.4 is 5.32 Å². The molecule has 0 spiro atoms. The van der Waals surface area contributed by atoms with Gasteiger partial charge in [0.25, 0.3) is 0 Å². The first-order chi connectivity index (χ1) is 9.49. The van der Waals surface area contributed by atoms with Gasteiger partial charge in [0.15, 0.2) is 5.69 Å². The number of rotatable bonds is 5. The molecule has 7 nitrogen and oxygen atoms in total. The molecule has 0 radical (unpaired) electrons. The van der Waals surface area contributed by atoms with Gasteiger partial charge in [-0.2, -0.15) is 5.10 Å². The average molecular weight is 294 g/mol. The molecule has 2 unspecified atom stereocenters. The summed E-state index contributed by atoms with van der Waals surface area (Å²) in [5.74, 6) is -1.27. The molecular formula is C12H14N4O3S. The smallest absolute Gasteiger partial charge is 0.355 e. The molecule has 20 heavy (non-hydrogen) atoms. The van der Waals surface area contributed by atoms with E-state index in [1.807, 2.05) is 0 Å². The number of aromatic carboxylic acids is 1. The lowest BCUT2D eigenvalue weighted by atomic mass is 10.2. The van der Waals surface area contributed by atoms with Crippen LogP contribution >= 0.6 is 11.3 Å². The number of hydrogen-bond acceptors (Lipinski definition) is 5. The van der Waals surface area contributed by atoms with Crippen LogP contribution in [0.3, 0.4) is 0 Å². The summed E-state index contributed by atoms with van der Waals surface area (Å²) in [6.07, 6.45) is 3.31. The normalized spacial score (nSPS) is 13.7. The number of nitrogens with one attached hydrogen (secondary N) is 1. The molecule has 2 rings (SSSR count). The van der Waals surface area contributed by atoms with E-state index in [9.17, 15) is 9.59 Å². The van der Waals surface area contributed by atoms with Crippen molar-refractivity contribution in [2.45, 2.75) is 25.9 Å². The molecule has 2 atom stereocenters. The fourth-order valence-corrected chi connectivity index (χ4v) is 2.41. The maximum Gasteiger partial charge on any atom is 0.355 e. The lowest BCUT2D eigenvalue weighted by Gasteiger charge is -2.16. The van der Waals surface area contributed by atoms with Crippen LogP contribution in [0.5, 0.6) is 0 Å². The van der Waals surface area contributed by atoms with Crippen molar-refractivity contribution in [2.75, 3.05) is 0 Å². The van der Waals surface area contributed by atoms with Gasteiger partial charge in [0.05, 0.1) is 6.04 Å². The van der Waals surface area contributed by atoms with Crippen LogP contribution in [-0.4, -0.2) is 31.7 Å². The van der Waals surface area contributed by atoms with E-state index in [1.165, 1.54) is 16.7 Å². The van der Waals surface area contributed by atoms with Crippen molar-refractivity contribution in [1.29, 1.82) is 0 Å². The highest BCUT2D eigenvalue weighted by Gasteiger charge is 2.20. The second-order valence-corrected chi connectivity index (χ2v) is 5.16. The SMILES string of the molecule is CC(NC(=O)C(C)n1cccn1)c1nc(C(=O)O)cs1. The Morgan fingerprint density at radius 1 is 1.45 bits per heavy atom. The number of thiazole rings is 1. The Kier molecular flexibility index (Phi) is 4.14. The molecule has 1 amide bonds. The predicted octanol–water partition coefficient (Wildman–Crippen LogP) is 1.48. The third kappa shape index (κ3) is 3.02. The molecule has 2 aromatic heterocycles. The van der Waals surface area contributed by atoms with Crippen molar-refractivity contribution in [3.05, 3.63) is 34.5 Å². The van der Waals surface area contributed by atoms with Gasteiger partial charge >= 0.3 is 5.97 Å². The summed E-state index contributed by atoms with van der Waals surface area (Å²) >= 11 is 1.21. The molecule has 0 aliphatic carbocycles. The van der Waals surface area contributed by atoms with Crippen molar-refractivity contribution in [3.63, 3.8) is 0 Å². The Bertz CT molecular complexity index is 608. The van der Waals surface area contributed by atoms with Gasteiger partial charge in [-0.15, -0.1) is 11.3 Å². The maximum atomic E-state index is 12.1. The van der Waals surface area contributed by atoms with E-state index < -0.39 is 12.0 Å². The van der Waals surface area contributed by atoms with Gasteiger partial charge in [-0.1, -0.05) is 0 Å². The Morgan fingerprint density at radius 3 is 2.75 bits per heavy atom. The van der Waals surface area contributed by atoms with E-state index in [0.29, 0.717) is 5.01 Å². The largest absolute Gasteiger partial charge is 0.476 e. The number of nitrogens with zero attached hydrogens (tertiary/aromatic N) is 3. The minimum Gasteiger partial charge on any atom is -0.476 e. The quantitative estimate of drug-likeness (QED) is 0.870. The van der Waals surface area contributed by atoms with Gasteiger partial charge in [-0.05, 0) is 19.9 Å². The molecule has 2 N–H and O–H groups in total. The number of carboxylic acid groups (broad SMARTS) is 1. The van der Waals surface area contributed by atoms with Crippen molar-refractivity contribution < 1.29 is 14.7 Å². The van der Waals surface area contributed by atoms with Crippen LogP contribution in [0.1, 0.15) is 41.4 Å². The number of amides is 1. The standard InChI is InChI=1S/C12H14N4O3S/c1-7(11-15-9(6-20-11)12(18)19)14-10(17)8(2)16-5-3-4-13-16/h3-8H,1-2H3,(H,14,17)(H,18,19). The van der Waals surface area contributed by atoms with Gasteiger partial charge in [0, 0.05) is 17.8 Å². The lowest BCUT2D eigenvalue weighted by Crippen LogP contribution is -2.33. The number of aromatic nitrogens is 3. The topological polar surface area (TPSA) is 97.1 Å². The summed E-state index contributed by atoms with van der Waals surface area (Å²) < 4.78 is 1.55. The first-order valence-corrected chi connectivity index (χ1v) is 6.85. The minimum atomic E-state index is -1.07. The third-order valence-electron chi connectivity index (χ3n) is 2.77. The zero-order chi connectivity index (χ0) is 14.7. The van der Waals surface area contributed by atoms with Crippen molar-refractivity contribution in [1.82, 2.24) is 20.1 Å². The molecule has 0 bridgehead atoms. The molecule has 0 aliphatic heterocycles. The number of carbonyl (C=O) groups is 2. The first-order valence-electron chi connectivity index (χ1n) is 5.97. The van der Waals surface area contributed by atoms with E-state index in [4.69, 9.17) is 5.11 Å². The van der Waals surface area contributed by atoms with Crippen LogP contribution in [-0.2, 0) is 4.79 Å². The van der Waals surface area contributed by atoms with Gasteiger partial charge in [-0.25, -0.2) is 9.78 Å². The van der Waals surface area contributed by atoms with Crippen LogP contribution in [0.2, 0.25) is 0 Å². The van der Waals surface area contributed by atoms with E-state index in [-0.39, 0.29) is 17.6 Å². The molecule has 0 saturated heterocycles. The summed E-state index contributed by atoms with van der Waals surface area (Å²) in [5, 5.41) is 17.6. The maximum absolute atomic E-state index is 12.1. The molecule has 0 aromatic carbocycles. The minimum absolute atomic E-state index is 0.00813.